The molecule has 192 valence electrons. The number of ketones is 2. The van der Waals surface area contributed by atoms with Gasteiger partial charge >= 0.3 is 0 Å². The fourth-order valence-electron chi connectivity index (χ4n) is 5.81. The zero-order valence-corrected chi connectivity index (χ0v) is 22.7. The minimum atomic E-state index is 0.102. The topological polar surface area (TPSA) is 34.1 Å². The molecule has 0 aliphatic heterocycles. The molecule has 4 aliphatic rings. The molecular formula is C36H36O2. The second-order valence-corrected chi connectivity index (χ2v) is 10.8. The monoisotopic (exact) mass is 500 g/mol. The molecule has 4 aliphatic carbocycles. The van der Waals surface area contributed by atoms with E-state index in [0.29, 0.717) is 0 Å². The van der Waals surface area contributed by atoms with Crippen LogP contribution >= 0.6 is 0 Å². The van der Waals surface area contributed by atoms with Gasteiger partial charge in [-0.2, -0.15) is 0 Å². The van der Waals surface area contributed by atoms with Gasteiger partial charge in [0.05, 0.1) is 0 Å². The Hall–Kier alpha value is -3.78. The van der Waals surface area contributed by atoms with Gasteiger partial charge in [0.25, 0.3) is 0 Å². The molecule has 38 heavy (non-hydrogen) atoms. The number of benzene rings is 4. The summed E-state index contributed by atoms with van der Waals surface area (Å²) in [4.78, 5) is 24.6. The predicted octanol–water partition coefficient (Wildman–Crippen LogP) is 7.91. The van der Waals surface area contributed by atoms with Crippen LogP contribution in [-0.2, 0) is 38.5 Å². The van der Waals surface area contributed by atoms with Crippen LogP contribution in [0.3, 0.4) is 0 Å². The molecule has 1 atom stereocenters. The van der Waals surface area contributed by atoms with Crippen molar-refractivity contribution < 1.29 is 9.59 Å². The molecule has 0 fully saturated rings. The standard InChI is InChI=1S/C36H36O2/c1-24(31-16-10-29(11-17-31)8-9-30-12-18-32(19-13-30)25(2)37)35-33-20-14-27-4-6-28(7-5-27)15-21-34(23-22-33)36(35)26(3)38/h4-7,10-13,16-19,22-24H,8-9,14-15,20-21H2,1-3H3. The maximum absolute atomic E-state index is 13.1. The Labute approximate surface area is 226 Å². The van der Waals surface area contributed by atoms with Gasteiger partial charge in [0.15, 0.2) is 11.6 Å². The lowest BCUT2D eigenvalue weighted by Gasteiger charge is -2.24. The van der Waals surface area contributed by atoms with Crippen LogP contribution in [0.2, 0.25) is 0 Å². The number of Topliss-reactive ketones (excluding diaryl/α,β-unsaturated/α-hetero) is 2. The highest BCUT2D eigenvalue weighted by molar-refractivity contribution is 5.98. The molecule has 0 saturated heterocycles. The van der Waals surface area contributed by atoms with Crippen LogP contribution in [0.25, 0.3) is 0 Å². The van der Waals surface area contributed by atoms with Gasteiger partial charge in [0.2, 0.25) is 0 Å². The highest BCUT2D eigenvalue weighted by Crippen LogP contribution is 2.34. The summed E-state index contributed by atoms with van der Waals surface area (Å²) in [6, 6.07) is 30.3. The maximum atomic E-state index is 13.1. The second kappa shape index (κ2) is 11.3. The molecule has 2 nitrogen and oxygen atoms in total. The first-order chi connectivity index (χ1) is 18.4. The highest BCUT2D eigenvalue weighted by Gasteiger charge is 2.23. The van der Waals surface area contributed by atoms with Crippen molar-refractivity contribution in [3.8, 4) is 0 Å². The Bertz CT molecular complexity index is 1440. The molecule has 0 N–H and O–H groups in total. The minimum absolute atomic E-state index is 0.102. The van der Waals surface area contributed by atoms with E-state index in [4.69, 9.17) is 0 Å². The summed E-state index contributed by atoms with van der Waals surface area (Å²) in [6.07, 6.45) is 5.62. The lowest BCUT2D eigenvalue weighted by atomic mass is 9.80. The molecule has 2 heteroatoms. The first kappa shape index (κ1) is 25.9. The minimum Gasteiger partial charge on any atom is -0.295 e. The van der Waals surface area contributed by atoms with Gasteiger partial charge in [0, 0.05) is 17.0 Å². The number of carbonyl (C=O) groups is 2. The van der Waals surface area contributed by atoms with Crippen molar-refractivity contribution >= 4 is 11.6 Å². The lowest BCUT2D eigenvalue weighted by Crippen LogP contribution is -2.14. The van der Waals surface area contributed by atoms with E-state index in [2.05, 4.69) is 79.7 Å². The van der Waals surface area contributed by atoms with Gasteiger partial charge in [-0.1, -0.05) is 91.9 Å². The van der Waals surface area contributed by atoms with E-state index in [1.807, 2.05) is 12.1 Å². The molecule has 4 aromatic rings. The maximum Gasteiger partial charge on any atom is 0.160 e. The number of rotatable bonds is 7. The fraction of sp³-hybridized carbons (Fsp3) is 0.278. The van der Waals surface area contributed by atoms with Crippen LogP contribution in [-0.4, -0.2) is 11.6 Å². The molecule has 1 unspecified atom stereocenters. The third-order valence-electron chi connectivity index (χ3n) is 8.14. The first-order valence-corrected chi connectivity index (χ1v) is 13.8. The van der Waals surface area contributed by atoms with Gasteiger partial charge in [-0.25, -0.2) is 0 Å². The van der Waals surface area contributed by atoms with Crippen molar-refractivity contribution in [2.75, 3.05) is 0 Å². The summed E-state index contributed by atoms with van der Waals surface area (Å²) in [6.45, 7) is 5.58. The van der Waals surface area contributed by atoms with Gasteiger partial charge in [-0.15, -0.1) is 0 Å². The van der Waals surface area contributed by atoms with E-state index in [0.717, 1.165) is 49.7 Å². The quantitative estimate of drug-likeness (QED) is 0.242. The molecule has 8 rings (SSSR count). The molecule has 4 aromatic carbocycles. The van der Waals surface area contributed by atoms with Crippen LogP contribution in [0.4, 0.5) is 0 Å². The van der Waals surface area contributed by atoms with Crippen molar-refractivity contribution in [3.05, 3.63) is 141 Å². The van der Waals surface area contributed by atoms with E-state index < -0.39 is 0 Å². The van der Waals surface area contributed by atoms with Crippen LogP contribution in [0.15, 0.2) is 84.9 Å². The summed E-state index contributed by atoms with van der Waals surface area (Å²) in [5.74, 6) is 0.410. The summed E-state index contributed by atoms with van der Waals surface area (Å²) in [7, 11) is 0. The third kappa shape index (κ3) is 5.70. The average molecular weight is 501 g/mol. The molecule has 0 heterocycles. The molecule has 4 bridgehead atoms. The van der Waals surface area contributed by atoms with Crippen molar-refractivity contribution in [2.24, 2.45) is 0 Å². The van der Waals surface area contributed by atoms with Gasteiger partial charge in [-0.05, 0) is 96.9 Å². The molecule has 0 saturated carbocycles. The number of hydrogen-bond donors (Lipinski definition) is 0. The summed E-state index contributed by atoms with van der Waals surface area (Å²) < 4.78 is 0. The third-order valence-corrected chi connectivity index (χ3v) is 8.14. The van der Waals surface area contributed by atoms with Crippen molar-refractivity contribution in [1.82, 2.24) is 0 Å². The Morgan fingerprint density at radius 3 is 1.63 bits per heavy atom. The van der Waals surface area contributed by atoms with Crippen LogP contribution in [0.5, 0.6) is 0 Å². The number of hydrogen-bond acceptors (Lipinski definition) is 2. The van der Waals surface area contributed by atoms with Crippen molar-refractivity contribution in [1.29, 1.82) is 0 Å². The van der Waals surface area contributed by atoms with Crippen molar-refractivity contribution in [2.45, 2.75) is 65.2 Å². The van der Waals surface area contributed by atoms with Crippen molar-refractivity contribution in [3.63, 3.8) is 0 Å². The summed E-state index contributed by atoms with van der Waals surface area (Å²) in [5, 5.41) is 0. The Morgan fingerprint density at radius 1 is 0.605 bits per heavy atom. The smallest absolute Gasteiger partial charge is 0.160 e. The highest BCUT2D eigenvalue weighted by atomic mass is 16.1. The Morgan fingerprint density at radius 2 is 1.11 bits per heavy atom. The normalized spacial score (nSPS) is 13.6. The average Bonchev–Trinajstić information content (AvgIpc) is 2.93. The molecular weight excluding hydrogens is 464 g/mol. The molecule has 0 radical (unpaired) electrons. The number of carbonyl (C=O) groups excluding carboxylic acids is 2. The van der Waals surface area contributed by atoms with Crippen LogP contribution < -0.4 is 0 Å². The van der Waals surface area contributed by atoms with E-state index >= 15 is 0 Å². The molecule has 0 aromatic heterocycles. The second-order valence-electron chi connectivity index (χ2n) is 10.8. The summed E-state index contributed by atoms with van der Waals surface area (Å²) >= 11 is 0. The van der Waals surface area contributed by atoms with E-state index in [9.17, 15) is 9.59 Å². The largest absolute Gasteiger partial charge is 0.295 e. The number of aryl methyl sites for hydroxylation is 6. The van der Waals surface area contributed by atoms with Crippen LogP contribution in [0, 0.1) is 0 Å². The zero-order chi connectivity index (χ0) is 26.6. The molecule has 0 spiro atoms. The van der Waals surface area contributed by atoms with E-state index in [1.54, 1.807) is 13.8 Å². The first-order valence-electron chi connectivity index (χ1n) is 13.8. The lowest BCUT2D eigenvalue weighted by molar-refractivity contribution is 0.100. The van der Waals surface area contributed by atoms with Gasteiger partial charge < -0.3 is 0 Å². The van der Waals surface area contributed by atoms with E-state index in [-0.39, 0.29) is 17.5 Å². The molecule has 0 amide bonds. The zero-order valence-electron chi connectivity index (χ0n) is 22.7. The Kier molecular flexibility index (Phi) is 7.69. The van der Waals surface area contributed by atoms with Gasteiger partial charge in [0.1, 0.15) is 0 Å². The van der Waals surface area contributed by atoms with Gasteiger partial charge in [-0.3, -0.25) is 9.59 Å². The summed E-state index contributed by atoms with van der Waals surface area (Å²) in [5.41, 5.74) is 11.8. The van der Waals surface area contributed by atoms with Crippen LogP contribution in [0.1, 0.15) is 91.9 Å². The SMILES string of the molecule is CC(=O)c1ccc(CCc2ccc(C(C)c3c4ccc(c3C(C)=O)CCc3ccc(cc3)CC4)cc2)cc1. The fourth-order valence-corrected chi connectivity index (χ4v) is 5.81. The Balaban J connectivity index is 1.39. The van der Waals surface area contributed by atoms with E-state index in [1.165, 1.54) is 44.5 Å². The predicted molar refractivity (Wildman–Crippen MR) is 156 cm³/mol.